The molecule has 1 saturated heterocycles. The summed E-state index contributed by atoms with van der Waals surface area (Å²) in [5.41, 5.74) is 0. The van der Waals surface area contributed by atoms with E-state index in [2.05, 4.69) is 24.2 Å². The maximum atomic E-state index is 5.12. The van der Waals surface area contributed by atoms with Crippen molar-refractivity contribution in [3.8, 4) is 0 Å². The van der Waals surface area contributed by atoms with E-state index in [1.54, 1.807) is 7.11 Å². The number of nitrogens with zero attached hydrogens (tertiary/aromatic N) is 1. The van der Waals surface area contributed by atoms with Crippen molar-refractivity contribution in [2.45, 2.75) is 32.2 Å². The molecule has 1 N–H and O–H groups in total. The zero-order chi connectivity index (χ0) is 11.1. The van der Waals surface area contributed by atoms with Gasteiger partial charge < -0.3 is 15.0 Å². The van der Waals surface area contributed by atoms with Crippen LogP contribution in [0, 0.1) is 5.92 Å². The molecule has 1 atom stereocenters. The quantitative estimate of drug-likeness (QED) is 0.722. The highest BCUT2D eigenvalue weighted by Gasteiger charge is 2.17. The first-order valence-corrected chi connectivity index (χ1v) is 6.14. The largest absolute Gasteiger partial charge is 0.385 e. The number of hydrogen-bond acceptors (Lipinski definition) is 3. The molecule has 0 aromatic heterocycles. The van der Waals surface area contributed by atoms with Crippen LogP contribution in [-0.4, -0.2) is 51.3 Å². The summed E-state index contributed by atoms with van der Waals surface area (Å²) in [4.78, 5) is 2.48. The Morgan fingerprint density at radius 3 is 2.67 bits per heavy atom. The molecule has 1 rings (SSSR count). The molecule has 0 radical (unpaired) electrons. The van der Waals surface area contributed by atoms with Gasteiger partial charge in [0.1, 0.15) is 0 Å². The molecule has 1 unspecified atom stereocenters. The summed E-state index contributed by atoms with van der Waals surface area (Å²) in [7, 11) is 4.02. The minimum atomic E-state index is 0.639. The number of piperidine rings is 1. The first-order chi connectivity index (χ1) is 7.24. The first kappa shape index (κ1) is 12.9. The number of ether oxygens (including phenoxy) is 1. The SMILES string of the molecule is COCCC(C)N(C)CC1CCNCC1. The predicted octanol–water partition coefficient (Wildman–Crippen LogP) is 1.34. The summed E-state index contributed by atoms with van der Waals surface area (Å²) >= 11 is 0. The van der Waals surface area contributed by atoms with Gasteiger partial charge in [-0.1, -0.05) is 0 Å². The molecule has 0 aliphatic carbocycles. The smallest absolute Gasteiger partial charge is 0.0477 e. The highest BCUT2D eigenvalue weighted by atomic mass is 16.5. The molecule has 0 spiro atoms. The molecule has 1 aliphatic heterocycles. The van der Waals surface area contributed by atoms with Crippen molar-refractivity contribution >= 4 is 0 Å². The molecule has 0 aromatic rings. The Balaban J connectivity index is 2.17. The van der Waals surface area contributed by atoms with Gasteiger partial charge in [0, 0.05) is 26.3 Å². The lowest BCUT2D eigenvalue weighted by Gasteiger charge is -2.31. The van der Waals surface area contributed by atoms with Crippen molar-refractivity contribution in [3.05, 3.63) is 0 Å². The molecule has 3 nitrogen and oxygen atoms in total. The van der Waals surface area contributed by atoms with Gasteiger partial charge in [-0.2, -0.15) is 0 Å². The van der Waals surface area contributed by atoms with Crippen molar-refractivity contribution in [3.63, 3.8) is 0 Å². The zero-order valence-corrected chi connectivity index (χ0v) is 10.5. The molecule has 15 heavy (non-hydrogen) atoms. The van der Waals surface area contributed by atoms with E-state index in [1.165, 1.54) is 32.5 Å². The lowest BCUT2D eigenvalue weighted by Crippen LogP contribution is -2.38. The second-order valence-electron chi connectivity index (χ2n) is 4.76. The Hall–Kier alpha value is -0.120. The molecular weight excluding hydrogens is 188 g/mol. The molecular formula is C12H26N2O. The van der Waals surface area contributed by atoms with Crippen molar-refractivity contribution in [2.24, 2.45) is 5.92 Å². The van der Waals surface area contributed by atoms with E-state index in [4.69, 9.17) is 4.74 Å². The van der Waals surface area contributed by atoms with E-state index in [9.17, 15) is 0 Å². The van der Waals surface area contributed by atoms with Crippen LogP contribution in [-0.2, 0) is 4.74 Å². The maximum absolute atomic E-state index is 5.12. The summed E-state index contributed by atoms with van der Waals surface area (Å²) in [5.74, 6) is 0.890. The highest BCUT2D eigenvalue weighted by Crippen LogP contribution is 2.14. The number of hydrogen-bond donors (Lipinski definition) is 1. The molecule has 1 aliphatic rings. The van der Waals surface area contributed by atoms with E-state index in [1.807, 2.05) is 0 Å². The average molecular weight is 214 g/mol. The summed E-state index contributed by atoms with van der Waals surface area (Å²) in [5, 5.41) is 3.41. The van der Waals surface area contributed by atoms with Crippen LogP contribution >= 0.6 is 0 Å². The van der Waals surface area contributed by atoms with Gasteiger partial charge in [0.15, 0.2) is 0 Å². The molecule has 0 saturated carbocycles. The Bertz CT molecular complexity index is 158. The van der Waals surface area contributed by atoms with E-state index in [0.29, 0.717) is 6.04 Å². The Morgan fingerprint density at radius 1 is 1.40 bits per heavy atom. The van der Waals surface area contributed by atoms with Crippen LogP contribution in [0.2, 0.25) is 0 Å². The van der Waals surface area contributed by atoms with Crippen LogP contribution in [0.15, 0.2) is 0 Å². The summed E-state index contributed by atoms with van der Waals surface area (Å²) in [6, 6.07) is 0.639. The molecule has 0 bridgehead atoms. The Kier molecular flexibility index (Phi) is 6.22. The molecule has 0 aromatic carbocycles. The van der Waals surface area contributed by atoms with Gasteiger partial charge >= 0.3 is 0 Å². The zero-order valence-electron chi connectivity index (χ0n) is 10.5. The fourth-order valence-corrected chi connectivity index (χ4v) is 2.16. The van der Waals surface area contributed by atoms with E-state index in [0.717, 1.165) is 18.9 Å². The van der Waals surface area contributed by atoms with Gasteiger partial charge in [-0.3, -0.25) is 0 Å². The van der Waals surface area contributed by atoms with Crippen LogP contribution in [0.4, 0.5) is 0 Å². The summed E-state index contributed by atoms with van der Waals surface area (Å²) < 4.78 is 5.12. The van der Waals surface area contributed by atoms with Crippen LogP contribution < -0.4 is 5.32 Å². The van der Waals surface area contributed by atoms with Gasteiger partial charge in [0.05, 0.1) is 0 Å². The highest BCUT2D eigenvalue weighted by molar-refractivity contribution is 4.73. The normalized spacial score (nSPS) is 20.8. The second-order valence-corrected chi connectivity index (χ2v) is 4.76. The van der Waals surface area contributed by atoms with Crippen LogP contribution in [0.1, 0.15) is 26.2 Å². The monoisotopic (exact) mass is 214 g/mol. The van der Waals surface area contributed by atoms with E-state index >= 15 is 0 Å². The Morgan fingerprint density at radius 2 is 2.07 bits per heavy atom. The van der Waals surface area contributed by atoms with Crippen molar-refractivity contribution < 1.29 is 4.74 Å². The third-order valence-corrected chi connectivity index (χ3v) is 3.50. The van der Waals surface area contributed by atoms with Crippen LogP contribution in [0.3, 0.4) is 0 Å². The molecule has 90 valence electrons. The lowest BCUT2D eigenvalue weighted by atomic mass is 9.97. The molecule has 0 amide bonds. The van der Waals surface area contributed by atoms with Gasteiger partial charge in [0.2, 0.25) is 0 Å². The third kappa shape index (κ3) is 4.96. The second kappa shape index (κ2) is 7.20. The maximum Gasteiger partial charge on any atom is 0.0477 e. The average Bonchev–Trinajstić information content (AvgIpc) is 2.27. The fourth-order valence-electron chi connectivity index (χ4n) is 2.16. The Labute approximate surface area is 94.2 Å². The van der Waals surface area contributed by atoms with Gasteiger partial charge in [0.25, 0.3) is 0 Å². The first-order valence-electron chi connectivity index (χ1n) is 6.14. The third-order valence-electron chi connectivity index (χ3n) is 3.50. The minimum absolute atomic E-state index is 0.639. The number of nitrogens with one attached hydrogen (secondary N) is 1. The number of rotatable bonds is 6. The van der Waals surface area contributed by atoms with Gasteiger partial charge in [-0.25, -0.2) is 0 Å². The lowest BCUT2D eigenvalue weighted by molar-refractivity contribution is 0.137. The van der Waals surface area contributed by atoms with E-state index in [-0.39, 0.29) is 0 Å². The number of methoxy groups -OCH3 is 1. The van der Waals surface area contributed by atoms with Crippen molar-refractivity contribution in [2.75, 3.05) is 40.4 Å². The predicted molar refractivity (Wildman–Crippen MR) is 64.2 cm³/mol. The van der Waals surface area contributed by atoms with Crippen LogP contribution in [0.5, 0.6) is 0 Å². The molecule has 1 heterocycles. The molecule has 1 fully saturated rings. The minimum Gasteiger partial charge on any atom is -0.385 e. The topological polar surface area (TPSA) is 24.5 Å². The van der Waals surface area contributed by atoms with E-state index < -0.39 is 0 Å². The van der Waals surface area contributed by atoms with Gasteiger partial charge in [-0.15, -0.1) is 0 Å². The summed E-state index contributed by atoms with van der Waals surface area (Å²) in [6.07, 6.45) is 3.81. The van der Waals surface area contributed by atoms with Gasteiger partial charge in [-0.05, 0) is 52.2 Å². The van der Waals surface area contributed by atoms with Crippen molar-refractivity contribution in [1.29, 1.82) is 0 Å². The summed E-state index contributed by atoms with van der Waals surface area (Å²) in [6.45, 7) is 6.81. The fraction of sp³-hybridized carbons (Fsp3) is 1.00. The standard InChI is InChI=1S/C12H26N2O/c1-11(6-9-15-3)14(2)10-12-4-7-13-8-5-12/h11-13H,4-10H2,1-3H3. The molecule has 3 heteroatoms. The van der Waals surface area contributed by atoms with Crippen molar-refractivity contribution in [1.82, 2.24) is 10.2 Å². The van der Waals surface area contributed by atoms with Crippen LogP contribution in [0.25, 0.3) is 0 Å².